The molecule has 0 saturated carbocycles. The van der Waals surface area contributed by atoms with Crippen LogP contribution in [0.15, 0.2) is 0 Å². The molecule has 1 unspecified atom stereocenters. The number of hydrogen-bond donors (Lipinski definition) is 3. The smallest absolute Gasteiger partial charge is 0.315 e. The highest BCUT2D eigenvalue weighted by Crippen LogP contribution is 2.21. The Balaban J connectivity index is 2.45. The van der Waals surface area contributed by atoms with Crippen molar-refractivity contribution in [1.82, 2.24) is 10.6 Å². The molecule has 1 atom stereocenters. The average Bonchev–Trinajstić information content (AvgIpc) is 2.36. The summed E-state index contributed by atoms with van der Waals surface area (Å²) in [5.74, 6) is -0.896. The topological polar surface area (TPSA) is 87.7 Å². The van der Waals surface area contributed by atoms with Gasteiger partial charge >= 0.3 is 12.0 Å². The Labute approximate surface area is 113 Å². The van der Waals surface area contributed by atoms with Crippen LogP contribution < -0.4 is 10.6 Å². The lowest BCUT2D eigenvalue weighted by Crippen LogP contribution is -2.54. The maximum absolute atomic E-state index is 11.8. The highest BCUT2D eigenvalue weighted by atomic mass is 16.5. The highest BCUT2D eigenvalue weighted by Gasteiger charge is 2.33. The predicted molar refractivity (Wildman–Crippen MR) is 71.0 cm³/mol. The molecule has 1 rings (SSSR count). The van der Waals surface area contributed by atoms with E-state index in [9.17, 15) is 9.59 Å². The van der Waals surface area contributed by atoms with Crippen LogP contribution in [-0.2, 0) is 9.53 Å². The molecule has 6 nitrogen and oxygen atoms in total. The van der Waals surface area contributed by atoms with Gasteiger partial charge in [-0.1, -0.05) is 6.92 Å². The average molecular weight is 272 g/mol. The Hall–Kier alpha value is -1.30. The summed E-state index contributed by atoms with van der Waals surface area (Å²) in [7, 11) is 0. The summed E-state index contributed by atoms with van der Waals surface area (Å²) in [6, 6.07) is -0.315. The standard InChI is InChI=1S/C13H24N2O4/c1-4-12(2,10(16)17)9-14-11(18)15-13(3)5-7-19-8-6-13/h4-9H2,1-3H3,(H,16,17)(H2,14,15,18). The quantitative estimate of drug-likeness (QED) is 0.705. The number of ether oxygens (including phenoxy) is 1. The zero-order chi connectivity index (χ0) is 14.5. The van der Waals surface area contributed by atoms with Crippen LogP contribution in [0.4, 0.5) is 4.79 Å². The van der Waals surface area contributed by atoms with Gasteiger partial charge < -0.3 is 20.5 Å². The first-order valence-electron chi connectivity index (χ1n) is 6.68. The van der Waals surface area contributed by atoms with E-state index in [4.69, 9.17) is 9.84 Å². The Kier molecular flexibility index (Phi) is 5.17. The summed E-state index contributed by atoms with van der Waals surface area (Å²) in [4.78, 5) is 23.0. The molecule has 0 aromatic carbocycles. The maximum atomic E-state index is 11.8. The molecule has 0 aromatic rings. The molecule has 1 saturated heterocycles. The van der Waals surface area contributed by atoms with Crippen LogP contribution in [0, 0.1) is 5.41 Å². The van der Waals surface area contributed by atoms with Gasteiger partial charge in [0.2, 0.25) is 0 Å². The molecular formula is C13H24N2O4. The molecule has 0 aliphatic carbocycles. The number of aliphatic carboxylic acids is 1. The van der Waals surface area contributed by atoms with E-state index in [0.29, 0.717) is 19.6 Å². The zero-order valence-electron chi connectivity index (χ0n) is 11.9. The molecule has 0 bridgehead atoms. The fraction of sp³-hybridized carbons (Fsp3) is 0.846. The number of carboxylic acids is 1. The van der Waals surface area contributed by atoms with Gasteiger partial charge in [0.15, 0.2) is 0 Å². The molecule has 19 heavy (non-hydrogen) atoms. The molecule has 0 spiro atoms. The van der Waals surface area contributed by atoms with Crippen molar-refractivity contribution in [3.05, 3.63) is 0 Å². The van der Waals surface area contributed by atoms with Gasteiger partial charge in [0, 0.05) is 25.3 Å². The van der Waals surface area contributed by atoms with Gasteiger partial charge in [-0.2, -0.15) is 0 Å². The number of rotatable bonds is 5. The summed E-state index contributed by atoms with van der Waals surface area (Å²) < 4.78 is 5.26. The Morgan fingerprint density at radius 1 is 1.37 bits per heavy atom. The van der Waals surface area contributed by atoms with E-state index in [0.717, 1.165) is 12.8 Å². The van der Waals surface area contributed by atoms with Gasteiger partial charge in [-0.15, -0.1) is 0 Å². The lowest BCUT2D eigenvalue weighted by molar-refractivity contribution is -0.147. The Bertz CT molecular complexity index is 340. The van der Waals surface area contributed by atoms with Crippen LogP contribution in [0.2, 0.25) is 0 Å². The van der Waals surface area contributed by atoms with E-state index >= 15 is 0 Å². The monoisotopic (exact) mass is 272 g/mol. The van der Waals surface area contributed by atoms with Crippen molar-refractivity contribution in [2.45, 2.75) is 45.6 Å². The molecule has 3 N–H and O–H groups in total. The third kappa shape index (κ3) is 4.38. The van der Waals surface area contributed by atoms with E-state index in [-0.39, 0.29) is 18.1 Å². The summed E-state index contributed by atoms with van der Waals surface area (Å²) in [5.41, 5.74) is -1.19. The number of carbonyl (C=O) groups excluding carboxylic acids is 1. The third-order valence-electron chi connectivity index (χ3n) is 3.95. The molecule has 1 fully saturated rings. The fourth-order valence-electron chi connectivity index (χ4n) is 1.89. The SMILES string of the molecule is CCC(C)(CNC(=O)NC1(C)CCOCC1)C(=O)O. The molecule has 0 aromatic heterocycles. The lowest BCUT2D eigenvalue weighted by atomic mass is 9.88. The number of carboxylic acid groups (broad SMARTS) is 1. The van der Waals surface area contributed by atoms with Crippen LogP contribution >= 0.6 is 0 Å². The number of hydrogen-bond acceptors (Lipinski definition) is 3. The van der Waals surface area contributed by atoms with Crippen molar-refractivity contribution < 1.29 is 19.4 Å². The first kappa shape index (κ1) is 15.8. The molecular weight excluding hydrogens is 248 g/mol. The zero-order valence-corrected chi connectivity index (χ0v) is 11.9. The fourth-order valence-corrected chi connectivity index (χ4v) is 1.89. The van der Waals surface area contributed by atoms with Crippen LogP contribution in [0.1, 0.15) is 40.0 Å². The van der Waals surface area contributed by atoms with Gasteiger partial charge in [0.05, 0.1) is 5.41 Å². The van der Waals surface area contributed by atoms with Crippen molar-refractivity contribution in [1.29, 1.82) is 0 Å². The lowest BCUT2D eigenvalue weighted by Gasteiger charge is -2.34. The molecule has 110 valence electrons. The second-order valence-electron chi connectivity index (χ2n) is 5.70. The second kappa shape index (κ2) is 6.23. The summed E-state index contributed by atoms with van der Waals surface area (Å²) in [6.07, 6.45) is 2.00. The van der Waals surface area contributed by atoms with Crippen LogP contribution in [-0.4, -0.2) is 42.4 Å². The number of urea groups is 1. The molecule has 1 heterocycles. The maximum Gasteiger partial charge on any atom is 0.315 e. The van der Waals surface area contributed by atoms with Gasteiger partial charge in [-0.05, 0) is 33.1 Å². The van der Waals surface area contributed by atoms with E-state index < -0.39 is 11.4 Å². The van der Waals surface area contributed by atoms with Gasteiger partial charge in [-0.3, -0.25) is 4.79 Å². The first-order chi connectivity index (χ1) is 8.81. The van der Waals surface area contributed by atoms with Crippen molar-refractivity contribution in [2.75, 3.05) is 19.8 Å². The van der Waals surface area contributed by atoms with Crippen LogP contribution in [0.25, 0.3) is 0 Å². The normalized spacial score (nSPS) is 21.2. The predicted octanol–water partition coefficient (Wildman–Crippen LogP) is 1.36. The summed E-state index contributed by atoms with van der Waals surface area (Å²) >= 11 is 0. The third-order valence-corrected chi connectivity index (χ3v) is 3.95. The Morgan fingerprint density at radius 3 is 2.42 bits per heavy atom. The largest absolute Gasteiger partial charge is 0.481 e. The first-order valence-corrected chi connectivity index (χ1v) is 6.68. The number of amides is 2. The van der Waals surface area contributed by atoms with Crippen molar-refractivity contribution in [3.63, 3.8) is 0 Å². The summed E-state index contributed by atoms with van der Waals surface area (Å²) in [5, 5.41) is 14.7. The number of carbonyl (C=O) groups is 2. The number of nitrogens with one attached hydrogen (secondary N) is 2. The minimum atomic E-state index is -0.923. The van der Waals surface area contributed by atoms with E-state index in [1.807, 2.05) is 6.92 Å². The highest BCUT2D eigenvalue weighted by molar-refractivity contribution is 5.78. The van der Waals surface area contributed by atoms with Crippen LogP contribution in [0.3, 0.4) is 0 Å². The van der Waals surface area contributed by atoms with Crippen LogP contribution in [0.5, 0.6) is 0 Å². The van der Waals surface area contributed by atoms with Gasteiger partial charge in [0.1, 0.15) is 0 Å². The van der Waals surface area contributed by atoms with Gasteiger partial charge in [-0.25, -0.2) is 4.79 Å². The van der Waals surface area contributed by atoms with Gasteiger partial charge in [0.25, 0.3) is 0 Å². The summed E-state index contributed by atoms with van der Waals surface area (Å²) in [6.45, 7) is 6.80. The molecule has 1 aliphatic heterocycles. The van der Waals surface area contributed by atoms with Crippen molar-refractivity contribution in [3.8, 4) is 0 Å². The minimum absolute atomic E-state index is 0.122. The van der Waals surface area contributed by atoms with Crippen molar-refractivity contribution in [2.24, 2.45) is 5.41 Å². The van der Waals surface area contributed by atoms with E-state index in [1.165, 1.54) is 0 Å². The minimum Gasteiger partial charge on any atom is -0.481 e. The molecule has 2 amide bonds. The van der Waals surface area contributed by atoms with Crippen molar-refractivity contribution >= 4 is 12.0 Å². The Morgan fingerprint density at radius 2 is 1.95 bits per heavy atom. The van der Waals surface area contributed by atoms with E-state index in [1.54, 1.807) is 13.8 Å². The molecule has 6 heteroatoms. The second-order valence-corrected chi connectivity index (χ2v) is 5.70. The molecule has 1 aliphatic rings. The van der Waals surface area contributed by atoms with E-state index in [2.05, 4.69) is 10.6 Å². The molecule has 0 radical (unpaired) electrons.